The van der Waals surface area contributed by atoms with Gasteiger partial charge in [-0.1, -0.05) is 20.8 Å². The first kappa shape index (κ1) is 14.9. The maximum atomic E-state index is 9.95. The minimum Gasteiger partial charge on any atom is -0.390 e. The fourth-order valence-corrected chi connectivity index (χ4v) is 2.47. The SMILES string of the molecule is CCCNCC(O)CN1CCCC(C)(C)CC1. The van der Waals surface area contributed by atoms with Gasteiger partial charge in [-0.3, -0.25) is 0 Å². The van der Waals surface area contributed by atoms with E-state index in [0.29, 0.717) is 5.41 Å². The van der Waals surface area contributed by atoms with Crippen LogP contribution in [0.4, 0.5) is 0 Å². The predicted octanol–water partition coefficient (Wildman–Crippen LogP) is 1.86. The van der Waals surface area contributed by atoms with E-state index in [9.17, 15) is 5.11 Å². The molecular weight excluding hydrogens is 212 g/mol. The number of nitrogens with one attached hydrogen (secondary N) is 1. The van der Waals surface area contributed by atoms with E-state index in [-0.39, 0.29) is 6.10 Å². The standard InChI is InChI=1S/C14H30N2O/c1-4-8-15-11-13(17)12-16-9-5-6-14(2,3)7-10-16/h13,15,17H,4-12H2,1-3H3. The van der Waals surface area contributed by atoms with Gasteiger partial charge in [0.25, 0.3) is 0 Å². The number of rotatable bonds is 6. The van der Waals surface area contributed by atoms with Crippen LogP contribution in [0.15, 0.2) is 0 Å². The third-order valence-electron chi connectivity index (χ3n) is 3.71. The van der Waals surface area contributed by atoms with Crippen molar-refractivity contribution in [2.45, 2.75) is 52.6 Å². The number of nitrogens with zero attached hydrogens (tertiary/aromatic N) is 1. The lowest BCUT2D eigenvalue weighted by atomic mass is 9.85. The molecule has 0 radical (unpaired) electrons. The summed E-state index contributed by atoms with van der Waals surface area (Å²) in [6.45, 7) is 11.7. The zero-order chi connectivity index (χ0) is 12.7. The average molecular weight is 242 g/mol. The van der Waals surface area contributed by atoms with Crippen molar-refractivity contribution in [3.05, 3.63) is 0 Å². The minimum atomic E-state index is -0.220. The molecule has 102 valence electrons. The van der Waals surface area contributed by atoms with Gasteiger partial charge in [0.1, 0.15) is 0 Å². The van der Waals surface area contributed by atoms with E-state index >= 15 is 0 Å². The van der Waals surface area contributed by atoms with Gasteiger partial charge in [0.15, 0.2) is 0 Å². The molecular formula is C14H30N2O. The molecule has 1 saturated heterocycles. The van der Waals surface area contributed by atoms with Crippen molar-refractivity contribution in [1.82, 2.24) is 10.2 Å². The summed E-state index contributed by atoms with van der Waals surface area (Å²) >= 11 is 0. The van der Waals surface area contributed by atoms with Crippen LogP contribution in [0.3, 0.4) is 0 Å². The molecule has 1 rings (SSSR count). The van der Waals surface area contributed by atoms with Gasteiger partial charge >= 0.3 is 0 Å². The van der Waals surface area contributed by atoms with Crippen molar-refractivity contribution in [1.29, 1.82) is 0 Å². The highest BCUT2D eigenvalue weighted by atomic mass is 16.3. The van der Waals surface area contributed by atoms with Crippen LogP contribution in [-0.2, 0) is 0 Å². The van der Waals surface area contributed by atoms with Gasteiger partial charge < -0.3 is 15.3 Å². The van der Waals surface area contributed by atoms with Crippen molar-refractivity contribution >= 4 is 0 Å². The van der Waals surface area contributed by atoms with Gasteiger partial charge in [-0.15, -0.1) is 0 Å². The van der Waals surface area contributed by atoms with Gasteiger partial charge in [0, 0.05) is 13.1 Å². The summed E-state index contributed by atoms with van der Waals surface area (Å²) in [4.78, 5) is 2.42. The zero-order valence-corrected chi connectivity index (χ0v) is 11.8. The Hall–Kier alpha value is -0.120. The van der Waals surface area contributed by atoms with E-state index in [1.54, 1.807) is 0 Å². The number of hydrogen-bond acceptors (Lipinski definition) is 3. The normalized spacial score (nSPS) is 23.3. The number of β-amino-alcohol motifs (C(OH)–C–C–N with tert-alkyl or cyclic N) is 1. The van der Waals surface area contributed by atoms with E-state index in [1.165, 1.54) is 19.3 Å². The average Bonchev–Trinajstić information content (AvgIpc) is 2.41. The molecule has 2 N–H and O–H groups in total. The summed E-state index contributed by atoms with van der Waals surface area (Å²) in [5.41, 5.74) is 0.486. The molecule has 1 aliphatic heterocycles. The molecule has 1 fully saturated rings. The van der Waals surface area contributed by atoms with Crippen LogP contribution >= 0.6 is 0 Å². The lowest BCUT2D eigenvalue weighted by Crippen LogP contribution is -2.39. The quantitative estimate of drug-likeness (QED) is 0.698. The van der Waals surface area contributed by atoms with E-state index in [4.69, 9.17) is 0 Å². The Labute approximate surface area is 107 Å². The summed E-state index contributed by atoms with van der Waals surface area (Å²) < 4.78 is 0. The third kappa shape index (κ3) is 6.39. The Bertz CT molecular complexity index is 206. The Morgan fingerprint density at radius 1 is 1.29 bits per heavy atom. The van der Waals surface area contributed by atoms with Crippen LogP contribution in [0.1, 0.15) is 46.5 Å². The summed E-state index contributed by atoms with van der Waals surface area (Å²) in [6.07, 6.45) is 4.74. The van der Waals surface area contributed by atoms with Gasteiger partial charge in [-0.05, 0) is 50.7 Å². The van der Waals surface area contributed by atoms with Crippen LogP contribution in [0.5, 0.6) is 0 Å². The predicted molar refractivity (Wildman–Crippen MR) is 73.2 cm³/mol. The van der Waals surface area contributed by atoms with Crippen molar-refractivity contribution in [2.24, 2.45) is 5.41 Å². The maximum absolute atomic E-state index is 9.95. The smallest absolute Gasteiger partial charge is 0.0791 e. The summed E-state index contributed by atoms with van der Waals surface area (Å²) in [7, 11) is 0. The monoisotopic (exact) mass is 242 g/mol. The molecule has 0 aromatic heterocycles. The first-order valence-electron chi connectivity index (χ1n) is 7.14. The Kier molecular flexibility index (Phi) is 6.45. The third-order valence-corrected chi connectivity index (χ3v) is 3.71. The van der Waals surface area contributed by atoms with Crippen LogP contribution in [0.25, 0.3) is 0 Å². The molecule has 1 heterocycles. The van der Waals surface area contributed by atoms with Gasteiger partial charge in [0.05, 0.1) is 6.10 Å². The minimum absolute atomic E-state index is 0.220. The van der Waals surface area contributed by atoms with Crippen molar-refractivity contribution < 1.29 is 5.11 Å². The summed E-state index contributed by atoms with van der Waals surface area (Å²) in [5, 5.41) is 13.2. The second kappa shape index (κ2) is 7.34. The molecule has 0 aliphatic carbocycles. The van der Waals surface area contributed by atoms with Crippen LogP contribution < -0.4 is 5.32 Å². The molecule has 17 heavy (non-hydrogen) atoms. The number of likely N-dealkylation sites (tertiary alicyclic amines) is 1. The molecule has 0 aromatic carbocycles. The molecule has 1 aliphatic rings. The first-order chi connectivity index (χ1) is 8.03. The largest absolute Gasteiger partial charge is 0.390 e. The molecule has 3 nitrogen and oxygen atoms in total. The molecule has 1 atom stereocenters. The summed E-state index contributed by atoms with van der Waals surface area (Å²) in [6, 6.07) is 0. The lowest BCUT2D eigenvalue weighted by molar-refractivity contribution is 0.111. The van der Waals surface area contributed by atoms with Gasteiger partial charge in [0.2, 0.25) is 0 Å². The maximum Gasteiger partial charge on any atom is 0.0791 e. The highest BCUT2D eigenvalue weighted by Gasteiger charge is 2.23. The van der Waals surface area contributed by atoms with Crippen molar-refractivity contribution in [2.75, 3.05) is 32.7 Å². The van der Waals surface area contributed by atoms with Crippen LogP contribution in [0.2, 0.25) is 0 Å². The molecule has 0 bridgehead atoms. The van der Waals surface area contributed by atoms with E-state index in [0.717, 1.165) is 39.1 Å². The Morgan fingerprint density at radius 2 is 2.06 bits per heavy atom. The van der Waals surface area contributed by atoms with Crippen molar-refractivity contribution in [3.8, 4) is 0 Å². The van der Waals surface area contributed by atoms with E-state index in [1.807, 2.05) is 0 Å². The fraction of sp³-hybridized carbons (Fsp3) is 1.00. The van der Waals surface area contributed by atoms with Gasteiger partial charge in [-0.2, -0.15) is 0 Å². The Balaban J connectivity index is 2.22. The molecule has 0 amide bonds. The lowest BCUT2D eigenvalue weighted by Gasteiger charge is -2.25. The van der Waals surface area contributed by atoms with Crippen molar-refractivity contribution in [3.63, 3.8) is 0 Å². The van der Waals surface area contributed by atoms with Crippen LogP contribution in [-0.4, -0.2) is 48.8 Å². The van der Waals surface area contributed by atoms with E-state index < -0.39 is 0 Å². The second-order valence-corrected chi connectivity index (χ2v) is 6.18. The highest BCUT2D eigenvalue weighted by Crippen LogP contribution is 2.29. The van der Waals surface area contributed by atoms with E-state index in [2.05, 4.69) is 31.0 Å². The number of aliphatic hydroxyl groups excluding tert-OH is 1. The molecule has 0 saturated carbocycles. The molecule has 3 heteroatoms. The van der Waals surface area contributed by atoms with Crippen LogP contribution in [0, 0.1) is 5.41 Å². The molecule has 0 spiro atoms. The first-order valence-corrected chi connectivity index (χ1v) is 7.14. The Morgan fingerprint density at radius 3 is 2.76 bits per heavy atom. The number of hydrogen-bond donors (Lipinski definition) is 2. The zero-order valence-electron chi connectivity index (χ0n) is 11.8. The topological polar surface area (TPSA) is 35.5 Å². The van der Waals surface area contributed by atoms with Gasteiger partial charge in [-0.25, -0.2) is 0 Å². The fourth-order valence-electron chi connectivity index (χ4n) is 2.47. The molecule has 0 aromatic rings. The summed E-state index contributed by atoms with van der Waals surface area (Å²) in [5.74, 6) is 0. The molecule has 1 unspecified atom stereocenters. The second-order valence-electron chi connectivity index (χ2n) is 6.18. The number of aliphatic hydroxyl groups is 1. The highest BCUT2D eigenvalue weighted by molar-refractivity contribution is 4.77.